The molecule has 5 nitrogen and oxygen atoms in total. The summed E-state index contributed by atoms with van der Waals surface area (Å²) < 4.78 is 20.4. The van der Waals surface area contributed by atoms with Gasteiger partial charge < -0.3 is 10.5 Å². The molecule has 0 atom stereocenters. The first kappa shape index (κ1) is 12.8. The highest BCUT2D eigenvalue weighted by molar-refractivity contribution is 6.30. The van der Waals surface area contributed by atoms with E-state index in [1.165, 1.54) is 12.1 Å². The average Bonchev–Trinajstić information content (AvgIpc) is 2.82. The quantitative estimate of drug-likeness (QED) is 0.896. The maximum atomic E-state index is 13.5. The highest BCUT2D eigenvalue weighted by Gasteiger charge is 2.07. The number of hydrogen-bond donors (Lipinski definition) is 1. The maximum Gasteiger partial charge on any atom is 0.183 e. The van der Waals surface area contributed by atoms with Crippen LogP contribution in [0.4, 0.5) is 4.39 Å². The molecular formula is C11H12ClFN4O. The van der Waals surface area contributed by atoms with Crippen LogP contribution in [0.5, 0.6) is 5.75 Å². The first-order valence-electron chi connectivity index (χ1n) is 5.36. The molecule has 2 N–H and O–H groups in total. The molecule has 1 aromatic carbocycles. The third-order valence-electron chi connectivity index (χ3n) is 2.29. The largest absolute Gasteiger partial charge is 0.489 e. The second kappa shape index (κ2) is 5.79. The number of halogens is 2. The SMILES string of the molecule is NCc1cn(CCOc2cccc(Cl)c2F)nn1. The predicted molar refractivity (Wildman–Crippen MR) is 64.8 cm³/mol. The predicted octanol–water partition coefficient (Wildman–Crippen LogP) is 1.61. The molecule has 0 amide bonds. The normalized spacial score (nSPS) is 10.6. The van der Waals surface area contributed by atoms with E-state index in [-0.39, 0.29) is 17.4 Å². The molecule has 0 bridgehead atoms. The lowest BCUT2D eigenvalue weighted by molar-refractivity contribution is 0.277. The molecule has 1 aromatic heterocycles. The Labute approximate surface area is 108 Å². The summed E-state index contributed by atoms with van der Waals surface area (Å²) in [4.78, 5) is 0. The van der Waals surface area contributed by atoms with Gasteiger partial charge in [-0.2, -0.15) is 0 Å². The van der Waals surface area contributed by atoms with Gasteiger partial charge in [0, 0.05) is 12.7 Å². The Kier molecular flexibility index (Phi) is 4.11. The molecular weight excluding hydrogens is 259 g/mol. The number of aromatic nitrogens is 3. The number of ether oxygens (including phenoxy) is 1. The molecule has 0 unspecified atom stereocenters. The van der Waals surface area contributed by atoms with Gasteiger partial charge in [-0.15, -0.1) is 5.10 Å². The van der Waals surface area contributed by atoms with Gasteiger partial charge in [-0.1, -0.05) is 22.9 Å². The van der Waals surface area contributed by atoms with Crippen LogP contribution in [0.3, 0.4) is 0 Å². The van der Waals surface area contributed by atoms with E-state index in [1.807, 2.05) is 0 Å². The fraction of sp³-hybridized carbons (Fsp3) is 0.273. The first-order valence-corrected chi connectivity index (χ1v) is 5.74. The standard InChI is InChI=1S/C11H12ClFN4O/c12-9-2-1-3-10(11(9)13)18-5-4-17-7-8(6-14)15-16-17/h1-3,7H,4-6,14H2. The third-order valence-corrected chi connectivity index (χ3v) is 2.58. The highest BCUT2D eigenvalue weighted by Crippen LogP contribution is 2.23. The first-order chi connectivity index (χ1) is 8.70. The Morgan fingerprint density at radius 3 is 3.00 bits per heavy atom. The summed E-state index contributed by atoms with van der Waals surface area (Å²) in [6, 6.07) is 4.62. The van der Waals surface area contributed by atoms with Gasteiger partial charge in [-0.05, 0) is 12.1 Å². The van der Waals surface area contributed by atoms with E-state index in [1.54, 1.807) is 16.9 Å². The minimum absolute atomic E-state index is 0.0404. The van der Waals surface area contributed by atoms with Gasteiger partial charge >= 0.3 is 0 Å². The maximum absolute atomic E-state index is 13.5. The van der Waals surface area contributed by atoms with Crippen molar-refractivity contribution in [3.05, 3.63) is 40.9 Å². The molecule has 0 aliphatic carbocycles. The molecule has 2 rings (SSSR count). The van der Waals surface area contributed by atoms with E-state index in [0.29, 0.717) is 18.8 Å². The summed E-state index contributed by atoms with van der Waals surface area (Å²) in [6.07, 6.45) is 1.72. The molecule has 2 aromatic rings. The molecule has 96 valence electrons. The van der Waals surface area contributed by atoms with Gasteiger partial charge in [0.15, 0.2) is 11.6 Å². The van der Waals surface area contributed by atoms with Crippen molar-refractivity contribution in [2.24, 2.45) is 5.73 Å². The second-order valence-corrected chi connectivity index (χ2v) is 3.98. The zero-order chi connectivity index (χ0) is 13.0. The van der Waals surface area contributed by atoms with Crippen molar-refractivity contribution in [2.45, 2.75) is 13.1 Å². The van der Waals surface area contributed by atoms with E-state index in [0.717, 1.165) is 0 Å². The number of benzene rings is 1. The lowest BCUT2D eigenvalue weighted by Gasteiger charge is -2.07. The van der Waals surface area contributed by atoms with E-state index in [9.17, 15) is 4.39 Å². The Bertz CT molecular complexity index is 532. The summed E-state index contributed by atoms with van der Waals surface area (Å²) in [5.41, 5.74) is 6.11. The summed E-state index contributed by atoms with van der Waals surface area (Å²) in [5, 5.41) is 7.71. The van der Waals surface area contributed by atoms with Gasteiger partial charge in [0.1, 0.15) is 6.61 Å². The van der Waals surface area contributed by atoms with Crippen molar-refractivity contribution in [1.82, 2.24) is 15.0 Å². The van der Waals surface area contributed by atoms with Crippen molar-refractivity contribution in [1.29, 1.82) is 0 Å². The number of rotatable bonds is 5. The van der Waals surface area contributed by atoms with Crippen LogP contribution >= 0.6 is 11.6 Å². The molecule has 0 fully saturated rings. The molecule has 0 aliphatic rings. The molecule has 0 radical (unpaired) electrons. The minimum atomic E-state index is -0.555. The van der Waals surface area contributed by atoms with Crippen LogP contribution in [0.2, 0.25) is 5.02 Å². The highest BCUT2D eigenvalue weighted by atomic mass is 35.5. The third kappa shape index (κ3) is 2.96. The lowest BCUT2D eigenvalue weighted by Crippen LogP contribution is -2.09. The van der Waals surface area contributed by atoms with E-state index in [2.05, 4.69) is 10.3 Å². The fourth-order valence-corrected chi connectivity index (χ4v) is 1.55. The van der Waals surface area contributed by atoms with Gasteiger partial charge in [0.2, 0.25) is 0 Å². The Morgan fingerprint density at radius 2 is 2.28 bits per heavy atom. The van der Waals surface area contributed by atoms with Gasteiger partial charge in [0.25, 0.3) is 0 Å². The molecule has 0 saturated carbocycles. The van der Waals surface area contributed by atoms with Crippen molar-refractivity contribution < 1.29 is 9.13 Å². The Hall–Kier alpha value is -1.66. The van der Waals surface area contributed by atoms with Crippen molar-refractivity contribution in [3.8, 4) is 5.75 Å². The van der Waals surface area contributed by atoms with Gasteiger partial charge in [-0.25, -0.2) is 9.07 Å². The van der Waals surface area contributed by atoms with Crippen LogP contribution in [0.15, 0.2) is 24.4 Å². The van der Waals surface area contributed by atoms with Crippen LogP contribution in [-0.2, 0) is 13.1 Å². The van der Waals surface area contributed by atoms with E-state index < -0.39 is 5.82 Å². The van der Waals surface area contributed by atoms with Gasteiger partial charge in [0.05, 0.1) is 17.3 Å². The Balaban J connectivity index is 1.90. The van der Waals surface area contributed by atoms with E-state index in [4.69, 9.17) is 22.1 Å². The molecule has 18 heavy (non-hydrogen) atoms. The summed E-state index contributed by atoms with van der Waals surface area (Å²) >= 11 is 5.64. The fourth-order valence-electron chi connectivity index (χ4n) is 1.39. The molecule has 1 heterocycles. The van der Waals surface area contributed by atoms with Crippen LogP contribution in [0, 0.1) is 5.82 Å². The number of nitrogens with zero attached hydrogens (tertiary/aromatic N) is 3. The zero-order valence-electron chi connectivity index (χ0n) is 9.51. The van der Waals surface area contributed by atoms with Crippen LogP contribution < -0.4 is 10.5 Å². The van der Waals surface area contributed by atoms with Gasteiger partial charge in [-0.3, -0.25) is 0 Å². The van der Waals surface area contributed by atoms with Crippen molar-refractivity contribution >= 4 is 11.6 Å². The smallest absolute Gasteiger partial charge is 0.183 e. The number of hydrogen-bond acceptors (Lipinski definition) is 4. The zero-order valence-corrected chi connectivity index (χ0v) is 10.3. The van der Waals surface area contributed by atoms with Crippen molar-refractivity contribution in [2.75, 3.05) is 6.61 Å². The lowest BCUT2D eigenvalue weighted by atomic mass is 10.3. The molecule has 7 heteroatoms. The van der Waals surface area contributed by atoms with Crippen LogP contribution in [0.1, 0.15) is 5.69 Å². The minimum Gasteiger partial charge on any atom is -0.489 e. The van der Waals surface area contributed by atoms with Crippen LogP contribution in [0.25, 0.3) is 0 Å². The Morgan fingerprint density at radius 1 is 1.44 bits per heavy atom. The summed E-state index contributed by atoms with van der Waals surface area (Å²) in [5.74, 6) is -0.429. The molecule has 0 saturated heterocycles. The number of nitrogens with two attached hydrogens (primary N) is 1. The molecule has 0 aliphatic heterocycles. The second-order valence-electron chi connectivity index (χ2n) is 3.58. The topological polar surface area (TPSA) is 66.0 Å². The molecule has 0 spiro atoms. The summed E-state index contributed by atoms with van der Waals surface area (Å²) in [6.45, 7) is 1.06. The average molecular weight is 271 g/mol. The summed E-state index contributed by atoms with van der Waals surface area (Å²) in [7, 11) is 0. The van der Waals surface area contributed by atoms with E-state index >= 15 is 0 Å². The van der Waals surface area contributed by atoms with Crippen molar-refractivity contribution in [3.63, 3.8) is 0 Å². The van der Waals surface area contributed by atoms with Crippen LogP contribution in [-0.4, -0.2) is 21.6 Å². The monoisotopic (exact) mass is 270 g/mol.